The Morgan fingerprint density at radius 3 is 2.61 bits per heavy atom. The molecule has 0 saturated carbocycles. The van der Waals surface area contributed by atoms with Gasteiger partial charge in [0.2, 0.25) is 0 Å². The Hall–Kier alpha value is -0.350. The first kappa shape index (κ1) is 15.7. The zero-order chi connectivity index (χ0) is 13.6. The lowest BCUT2D eigenvalue weighted by Gasteiger charge is -2.24. The fourth-order valence-corrected chi connectivity index (χ4v) is 2.23. The number of methoxy groups -OCH3 is 1. The van der Waals surface area contributed by atoms with Crippen LogP contribution in [0.25, 0.3) is 0 Å². The largest absolute Gasteiger partial charge is 0.381 e. The third kappa shape index (κ3) is 4.73. The lowest BCUT2D eigenvalue weighted by molar-refractivity contribution is 0.0334. The number of alkyl halides is 1. The maximum Gasteiger partial charge on any atom is 0.138 e. The molecule has 5 heteroatoms. The summed E-state index contributed by atoms with van der Waals surface area (Å²) in [5.41, 5.74) is 4.82. The molecule has 1 rings (SSSR count). The van der Waals surface area contributed by atoms with Crippen molar-refractivity contribution in [1.82, 2.24) is 0 Å². The van der Waals surface area contributed by atoms with Crippen LogP contribution in [0.1, 0.15) is 18.4 Å². The molecule has 102 valence electrons. The summed E-state index contributed by atoms with van der Waals surface area (Å²) in [5.74, 6) is 0. The van der Waals surface area contributed by atoms with Crippen molar-refractivity contribution in [1.29, 1.82) is 0 Å². The zero-order valence-corrected chi connectivity index (χ0v) is 11.9. The molecule has 0 heterocycles. The summed E-state index contributed by atoms with van der Waals surface area (Å²) in [6.45, 7) is 0.518. The molecule has 0 aliphatic rings. The second-order valence-corrected chi connectivity index (χ2v) is 5.22. The van der Waals surface area contributed by atoms with Crippen LogP contribution in [0.4, 0.5) is 4.39 Å². The molecule has 1 unspecified atom stereocenters. The fraction of sp³-hybridized carbons (Fsp3) is 0.538. The monoisotopic (exact) mass is 293 g/mol. The van der Waals surface area contributed by atoms with Crippen molar-refractivity contribution in [3.8, 4) is 0 Å². The summed E-state index contributed by atoms with van der Waals surface area (Å²) in [7, 11) is 1.49. The van der Waals surface area contributed by atoms with Gasteiger partial charge in [-0.05, 0) is 37.1 Å². The van der Waals surface area contributed by atoms with Crippen LogP contribution in [0.2, 0.25) is 10.0 Å². The minimum atomic E-state index is -1.41. The molecule has 0 radical (unpaired) electrons. The van der Waals surface area contributed by atoms with Gasteiger partial charge in [-0.25, -0.2) is 4.39 Å². The van der Waals surface area contributed by atoms with E-state index in [0.29, 0.717) is 29.4 Å². The van der Waals surface area contributed by atoms with E-state index in [1.165, 1.54) is 7.11 Å². The highest BCUT2D eigenvalue weighted by Crippen LogP contribution is 2.28. The van der Waals surface area contributed by atoms with E-state index in [0.717, 1.165) is 5.56 Å². The molecule has 1 aromatic carbocycles. The van der Waals surface area contributed by atoms with Gasteiger partial charge in [-0.3, -0.25) is 0 Å². The maximum atomic E-state index is 14.6. The van der Waals surface area contributed by atoms with E-state index < -0.39 is 5.67 Å². The molecule has 0 amide bonds. The molecule has 1 aromatic rings. The van der Waals surface area contributed by atoms with Gasteiger partial charge in [0.05, 0.1) is 16.7 Å². The van der Waals surface area contributed by atoms with Gasteiger partial charge in [0.15, 0.2) is 0 Å². The number of hydrogen-bond acceptors (Lipinski definition) is 2. The normalized spacial score (nSPS) is 14.5. The van der Waals surface area contributed by atoms with Crippen molar-refractivity contribution in [2.45, 2.75) is 24.9 Å². The quantitative estimate of drug-likeness (QED) is 0.833. The van der Waals surface area contributed by atoms with Gasteiger partial charge in [-0.1, -0.05) is 29.3 Å². The van der Waals surface area contributed by atoms with E-state index in [1.54, 1.807) is 18.2 Å². The van der Waals surface area contributed by atoms with Gasteiger partial charge < -0.3 is 10.5 Å². The average Bonchev–Trinajstić information content (AvgIpc) is 2.32. The number of benzene rings is 1. The Balaban J connectivity index is 2.78. The fourth-order valence-electron chi connectivity index (χ4n) is 1.90. The van der Waals surface area contributed by atoms with Gasteiger partial charge in [-0.15, -0.1) is 0 Å². The molecule has 0 aliphatic heterocycles. The predicted octanol–water partition coefficient (Wildman–Crippen LogP) is 3.63. The number of rotatable bonds is 7. The van der Waals surface area contributed by atoms with E-state index in [2.05, 4.69) is 0 Å². The summed E-state index contributed by atoms with van der Waals surface area (Å²) in [5, 5.41) is 0.909. The van der Waals surface area contributed by atoms with Gasteiger partial charge in [0.1, 0.15) is 5.67 Å². The first-order chi connectivity index (χ1) is 8.50. The first-order valence-electron chi connectivity index (χ1n) is 5.82. The Labute approximate surface area is 117 Å². The summed E-state index contributed by atoms with van der Waals surface area (Å²) in [4.78, 5) is 0. The highest BCUT2D eigenvalue weighted by Gasteiger charge is 2.29. The van der Waals surface area contributed by atoms with Crippen molar-refractivity contribution in [2.24, 2.45) is 5.73 Å². The standard InChI is InChI=1S/C13H18Cl2FNO/c1-18-9-13(16,5-2-6-17)8-10-3-4-11(14)12(15)7-10/h3-4,7H,2,5-6,8-9,17H2,1H3. The van der Waals surface area contributed by atoms with E-state index in [-0.39, 0.29) is 13.0 Å². The molecule has 0 aliphatic carbocycles. The topological polar surface area (TPSA) is 35.2 Å². The number of nitrogens with two attached hydrogens (primary N) is 1. The molecule has 0 saturated heterocycles. The van der Waals surface area contributed by atoms with Crippen LogP contribution < -0.4 is 5.73 Å². The van der Waals surface area contributed by atoms with Crippen LogP contribution in [0.3, 0.4) is 0 Å². The molecule has 0 aromatic heterocycles. The smallest absolute Gasteiger partial charge is 0.138 e. The van der Waals surface area contributed by atoms with Gasteiger partial charge in [0.25, 0.3) is 0 Å². The maximum absolute atomic E-state index is 14.6. The molecule has 0 bridgehead atoms. The lowest BCUT2D eigenvalue weighted by Crippen LogP contribution is -2.32. The van der Waals surface area contributed by atoms with Crippen LogP contribution in [-0.2, 0) is 11.2 Å². The third-order valence-corrected chi connectivity index (χ3v) is 3.48. The minimum Gasteiger partial charge on any atom is -0.381 e. The number of hydrogen-bond donors (Lipinski definition) is 1. The molecule has 18 heavy (non-hydrogen) atoms. The van der Waals surface area contributed by atoms with Crippen molar-refractivity contribution in [2.75, 3.05) is 20.3 Å². The molecule has 1 atom stereocenters. The zero-order valence-electron chi connectivity index (χ0n) is 10.4. The highest BCUT2D eigenvalue weighted by atomic mass is 35.5. The van der Waals surface area contributed by atoms with E-state index in [4.69, 9.17) is 33.7 Å². The van der Waals surface area contributed by atoms with E-state index in [1.807, 2.05) is 0 Å². The van der Waals surface area contributed by atoms with Crippen LogP contribution in [0.5, 0.6) is 0 Å². The number of ether oxygens (including phenoxy) is 1. The Kier molecular flexibility index (Phi) is 6.36. The summed E-state index contributed by atoms with van der Waals surface area (Å²) in [6, 6.07) is 5.15. The van der Waals surface area contributed by atoms with Crippen molar-refractivity contribution < 1.29 is 9.13 Å². The second-order valence-electron chi connectivity index (χ2n) is 4.40. The average molecular weight is 294 g/mol. The molecular formula is C13H18Cl2FNO. The lowest BCUT2D eigenvalue weighted by atomic mass is 9.92. The number of halogens is 3. The SMILES string of the molecule is COCC(F)(CCCN)Cc1ccc(Cl)c(Cl)c1. The molecule has 0 fully saturated rings. The predicted molar refractivity (Wildman–Crippen MR) is 74.2 cm³/mol. The Morgan fingerprint density at radius 2 is 2.06 bits per heavy atom. The van der Waals surface area contributed by atoms with Gasteiger partial charge in [0, 0.05) is 13.5 Å². The Morgan fingerprint density at radius 1 is 1.33 bits per heavy atom. The molecule has 2 N–H and O–H groups in total. The van der Waals surface area contributed by atoms with Crippen LogP contribution in [0.15, 0.2) is 18.2 Å². The van der Waals surface area contributed by atoms with Crippen molar-refractivity contribution in [3.63, 3.8) is 0 Å². The van der Waals surface area contributed by atoms with Crippen molar-refractivity contribution >= 4 is 23.2 Å². The van der Waals surface area contributed by atoms with Crippen molar-refractivity contribution in [3.05, 3.63) is 33.8 Å². The summed E-state index contributed by atoms with van der Waals surface area (Å²) >= 11 is 11.7. The Bertz CT molecular complexity index is 389. The first-order valence-corrected chi connectivity index (χ1v) is 6.58. The van der Waals surface area contributed by atoms with Crippen LogP contribution in [0, 0.1) is 0 Å². The highest BCUT2D eigenvalue weighted by molar-refractivity contribution is 6.42. The minimum absolute atomic E-state index is 0.0489. The van der Waals surface area contributed by atoms with Crippen LogP contribution in [-0.4, -0.2) is 25.9 Å². The molecule has 2 nitrogen and oxygen atoms in total. The van der Waals surface area contributed by atoms with E-state index in [9.17, 15) is 4.39 Å². The van der Waals surface area contributed by atoms with E-state index >= 15 is 0 Å². The summed E-state index contributed by atoms with van der Waals surface area (Å²) in [6.07, 6.45) is 1.25. The van der Waals surface area contributed by atoms with Gasteiger partial charge in [-0.2, -0.15) is 0 Å². The molecular weight excluding hydrogens is 276 g/mol. The van der Waals surface area contributed by atoms with Crippen LogP contribution >= 0.6 is 23.2 Å². The summed E-state index contributed by atoms with van der Waals surface area (Å²) < 4.78 is 19.6. The second kappa shape index (κ2) is 7.29. The third-order valence-electron chi connectivity index (χ3n) is 2.74. The molecule has 0 spiro atoms. The van der Waals surface area contributed by atoms with Gasteiger partial charge >= 0.3 is 0 Å².